The van der Waals surface area contributed by atoms with Crippen LogP contribution in [-0.2, 0) is 14.9 Å². The molecule has 2 fully saturated rings. The Labute approximate surface area is 191 Å². The highest BCUT2D eigenvalue weighted by molar-refractivity contribution is 7.86. The van der Waals surface area contributed by atoms with Crippen molar-refractivity contribution in [2.45, 2.75) is 59.4 Å². The topological polar surface area (TPSA) is 103 Å². The molecule has 2 saturated heterocycles. The molecule has 2 aliphatic rings. The number of aryl methyl sites for hydroxylation is 1. The van der Waals surface area contributed by atoms with Crippen LogP contribution < -0.4 is 0 Å². The van der Waals surface area contributed by atoms with Gasteiger partial charge in [-0.1, -0.05) is 12.8 Å². The largest absolute Gasteiger partial charge is 0.462 e. The highest BCUT2D eigenvalue weighted by Gasteiger charge is 2.35. The Morgan fingerprint density at radius 2 is 1.53 bits per heavy atom. The van der Waals surface area contributed by atoms with E-state index in [9.17, 15) is 18.0 Å². The van der Waals surface area contributed by atoms with E-state index in [4.69, 9.17) is 4.74 Å². The molecule has 32 heavy (non-hydrogen) atoms. The molecule has 2 aliphatic heterocycles. The van der Waals surface area contributed by atoms with Gasteiger partial charge in [-0.2, -0.15) is 17.0 Å². The molecular formula is C22H36N4O5S. The summed E-state index contributed by atoms with van der Waals surface area (Å²) in [6.07, 6.45) is 3.98. The molecule has 0 amide bonds. The molecule has 3 rings (SSSR count). The summed E-state index contributed by atoms with van der Waals surface area (Å²) in [5, 5.41) is 0. The molecule has 0 spiro atoms. The van der Waals surface area contributed by atoms with Crippen molar-refractivity contribution in [1.82, 2.24) is 18.5 Å². The summed E-state index contributed by atoms with van der Waals surface area (Å²) in [5.41, 5.74) is 2.04. The summed E-state index contributed by atoms with van der Waals surface area (Å²) >= 11 is 0. The van der Waals surface area contributed by atoms with Crippen LogP contribution in [0.2, 0.25) is 0 Å². The van der Waals surface area contributed by atoms with Crippen molar-refractivity contribution in [3.8, 4) is 0 Å². The molecule has 0 bridgehead atoms. The number of aromatic nitrogens is 1. The third-order valence-electron chi connectivity index (χ3n) is 6.58. The molecule has 180 valence electrons. The number of H-pyrrole nitrogens is 1. The van der Waals surface area contributed by atoms with Crippen LogP contribution in [0.15, 0.2) is 0 Å². The second-order valence-corrected chi connectivity index (χ2v) is 10.6. The minimum absolute atomic E-state index is 0.107. The Morgan fingerprint density at radius 3 is 2.09 bits per heavy atom. The monoisotopic (exact) mass is 468 g/mol. The first-order chi connectivity index (χ1) is 15.2. The van der Waals surface area contributed by atoms with Crippen molar-refractivity contribution >= 4 is 22.0 Å². The van der Waals surface area contributed by atoms with Gasteiger partial charge in [-0.3, -0.25) is 9.69 Å². The second-order valence-electron chi connectivity index (χ2n) is 8.64. The van der Waals surface area contributed by atoms with E-state index in [1.807, 2.05) is 11.8 Å². The maximum atomic E-state index is 13.2. The number of ether oxygens (including phenoxy) is 1. The molecule has 1 unspecified atom stereocenters. The van der Waals surface area contributed by atoms with Crippen LogP contribution in [0.4, 0.5) is 0 Å². The summed E-state index contributed by atoms with van der Waals surface area (Å²) in [6.45, 7) is 10.3. The van der Waals surface area contributed by atoms with Gasteiger partial charge in [0.15, 0.2) is 5.78 Å². The SMILES string of the molecule is CCOC(=O)c1c(C)[nH]c(C(=O)C(C)N2CCN(S(=O)(=O)N3CCCCCC3)CC2)c1C. The fourth-order valence-corrected chi connectivity index (χ4v) is 6.31. The normalized spacial score (nSPS) is 20.6. The number of nitrogens with zero attached hydrogens (tertiary/aromatic N) is 3. The van der Waals surface area contributed by atoms with Crippen molar-refractivity contribution < 1.29 is 22.7 Å². The smallest absolute Gasteiger partial charge is 0.340 e. The zero-order valence-corrected chi connectivity index (χ0v) is 20.5. The number of ketones is 1. The number of carbonyl (C=O) groups excluding carboxylic acids is 2. The molecule has 3 heterocycles. The predicted octanol–water partition coefficient (Wildman–Crippen LogP) is 2.12. The van der Waals surface area contributed by atoms with Crippen LogP contribution in [0, 0.1) is 13.8 Å². The zero-order chi connectivity index (χ0) is 23.5. The van der Waals surface area contributed by atoms with Crippen molar-refractivity contribution in [1.29, 1.82) is 0 Å². The predicted molar refractivity (Wildman–Crippen MR) is 122 cm³/mol. The number of esters is 1. The molecular weight excluding hydrogens is 432 g/mol. The fourth-order valence-electron chi connectivity index (χ4n) is 4.64. The van der Waals surface area contributed by atoms with Gasteiger partial charge in [-0.25, -0.2) is 4.79 Å². The lowest BCUT2D eigenvalue weighted by atomic mass is 10.0. The highest BCUT2D eigenvalue weighted by atomic mass is 32.2. The number of piperazine rings is 1. The van der Waals surface area contributed by atoms with Crippen LogP contribution in [0.1, 0.15) is 71.6 Å². The number of hydrogen-bond donors (Lipinski definition) is 1. The summed E-state index contributed by atoms with van der Waals surface area (Å²) in [4.78, 5) is 30.5. The zero-order valence-electron chi connectivity index (χ0n) is 19.6. The van der Waals surface area contributed by atoms with E-state index in [0.29, 0.717) is 61.8 Å². The molecule has 1 atom stereocenters. The lowest BCUT2D eigenvalue weighted by Gasteiger charge is -2.38. The van der Waals surface area contributed by atoms with Crippen molar-refractivity contribution in [2.75, 3.05) is 45.9 Å². The average Bonchev–Trinajstić information content (AvgIpc) is 2.94. The number of Topliss-reactive ketones (excluding diaryl/α,β-unsaturated/α-hetero) is 1. The van der Waals surface area contributed by atoms with E-state index in [1.165, 1.54) is 0 Å². The van der Waals surface area contributed by atoms with Gasteiger partial charge in [0, 0.05) is 45.0 Å². The summed E-state index contributed by atoms with van der Waals surface area (Å²) in [7, 11) is -3.46. The average molecular weight is 469 g/mol. The Kier molecular flexibility index (Phi) is 8.13. The van der Waals surface area contributed by atoms with Crippen molar-refractivity contribution in [3.63, 3.8) is 0 Å². The van der Waals surface area contributed by atoms with E-state index >= 15 is 0 Å². The quantitative estimate of drug-likeness (QED) is 0.486. The van der Waals surface area contributed by atoms with Gasteiger partial charge in [0.2, 0.25) is 0 Å². The number of hydrogen-bond acceptors (Lipinski definition) is 6. The molecule has 0 saturated carbocycles. The number of rotatable bonds is 7. The van der Waals surface area contributed by atoms with Crippen molar-refractivity contribution in [2.24, 2.45) is 0 Å². The van der Waals surface area contributed by atoms with Crippen LogP contribution in [0.25, 0.3) is 0 Å². The first-order valence-corrected chi connectivity index (χ1v) is 13.0. The molecule has 0 aliphatic carbocycles. The molecule has 1 aromatic heterocycles. The van der Waals surface area contributed by atoms with E-state index in [2.05, 4.69) is 4.98 Å². The molecule has 1 N–H and O–H groups in total. The van der Waals surface area contributed by atoms with Gasteiger partial charge < -0.3 is 9.72 Å². The number of carbonyl (C=O) groups is 2. The van der Waals surface area contributed by atoms with Gasteiger partial charge in [0.1, 0.15) is 0 Å². The minimum Gasteiger partial charge on any atom is -0.462 e. The van der Waals surface area contributed by atoms with Gasteiger partial charge in [-0.15, -0.1) is 0 Å². The first kappa shape index (κ1) is 24.9. The van der Waals surface area contributed by atoms with E-state index < -0.39 is 22.2 Å². The summed E-state index contributed by atoms with van der Waals surface area (Å²) < 4.78 is 34.4. The second kappa shape index (κ2) is 10.5. The van der Waals surface area contributed by atoms with E-state index in [-0.39, 0.29) is 12.4 Å². The van der Waals surface area contributed by atoms with Gasteiger partial charge in [0.05, 0.1) is 23.9 Å². The van der Waals surface area contributed by atoms with Crippen LogP contribution in [0.3, 0.4) is 0 Å². The molecule has 0 radical (unpaired) electrons. The third-order valence-corrected chi connectivity index (χ3v) is 8.62. The number of nitrogens with one attached hydrogen (secondary N) is 1. The number of aromatic amines is 1. The maximum Gasteiger partial charge on any atom is 0.340 e. The van der Waals surface area contributed by atoms with E-state index in [1.54, 1.807) is 29.4 Å². The lowest BCUT2D eigenvalue weighted by molar-refractivity contribution is 0.0525. The molecule has 10 heteroatoms. The summed E-state index contributed by atoms with van der Waals surface area (Å²) in [6, 6.07) is -0.426. The fraction of sp³-hybridized carbons (Fsp3) is 0.727. The van der Waals surface area contributed by atoms with Crippen LogP contribution in [0.5, 0.6) is 0 Å². The summed E-state index contributed by atoms with van der Waals surface area (Å²) in [5.74, 6) is -0.539. The van der Waals surface area contributed by atoms with E-state index in [0.717, 1.165) is 25.7 Å². The minimum atomic E-state index is -3.46. The Balaban J connectivity index is 1.65. The molecule has 0 aromatic carbocycles. The Bertz CT molecular complexity index is 926. The van der Waals surface area contributed by atoms with Gasteiger partial charge in [-0.05, 0) is 46.1 Å². The van der Waals surface area contributed by atoms with Crippen molar-refractivity contribution in [3.05, 3.63) is 22.5 Å². The van der Waals surface area contributed by atoms with Crippen LogP contribution in [-0.4, -0.2) is 90.6 Å². The maximum absolute atomic E-state index is 13.2. The van der Waals surface area contributed by atoms with Gasteiger partial charge in [0.25, 0.3) is 10.2 Å². The van der Waals surface area contributed by atoms with Gasteiger partial charge >= 0.3 is 5.97 Å². The Morgan fingerprint density at radius 1 is 0.969 bits per heavy atom. The third kappa shape index (κ3) is 5.08. The molecule has 1 aromatic rings. The van der Waals surface area contributed by atoms with Crippen LogP contribution >= 0.6 is 0 Å². The lowest BCUT2D eigenvalue weighted by Crippen LogP contribution is -2.56. The Hall–Kier alpha value is -1.75. The first-order valence-electron chi connectivity index (χ1n) is 11.6. The highest BCUT2D eigenvalue weighted by Crippen LogP contribution is 2.23. The standard InChI is InChI=1S/C22H36N4O5S/c1-5-31-22(28)19-16(2)20(23-17(19)3)21(27)18(4)24-12-14-26(15-13-24)32(29,30)25-10-8-6-7-9-11-25/h18,23H,5-15H2,1-4H3. The molecule has 9 nitrogen and oxygen atoms in total.